The van der Waals surface area contributed by atoms with E-state index in [0.717, 1.165) is 28.4 Å². The molecule has 2 fully saturated rings. The number of quaternary nitrogens is 1. The number of amides is 8. The number of carbonyl (C=O) groups is 9. The number of aliphatic carboxylic acids is 1. The third kappa shape index (κ3) is 11.7. The third-order valence-electron chi connectivity index (χ3n) is 12.0. The number of hydrogen-bond donors (Lipinski definition) is 5. The molecular weight excluding hydrogens is 1010 g/mol. The molecule has 8 amide bonds. The first-order chi connectivity index (χ1) is 34.7. The van der Waals surface area contributed by atoms with E-state index in [2.05, 4.69) is 36.8 Å². The van der Waals surface area contributed by atoms with Gasteiger partial charge in [0.2, 0.25) is 17.0 Å². The normalized spacial score (nSPS) is 19.1. The van der Waals surface area contributed by atoms with Crippen molar-refractivity contribution in [2.45, 2.75) is 61.0 Å². The van der Waals surface area contributed by atoms with Gasteiger partial charge in [-0.25, -0.2) is 38.0 Å². The zero-order valence-electron chi connectivity index (χ0n) is 42.4. The van der Waals surface area contributed by atoms with E-state index < -0.39 is 93.2 Å². The van der Waals surface area contributed by atoms with E-state index in [0.29, 0.717) is 15.6 Å². The number of β-lactam (4-membered cyclic amide) rings is 1. The molecule has 2 saturated heterocycles. The summed E-state index contributed by atoms with van der Waals surface area (Å²) in [5, 5.41) is 30.7. The monoisotopic (exact) mass is 1070 g/mol. The summed E-state index contributed by atoms with van der Waals surface area (Å²) >= 11 is 2.23. The average Bonchev–Trinajstić information content (AvgIpc) is 3.77. The Morgan fingerprint density at radius 1 is 0.932 bits per heavy atom. The van der Waals surface area contributed by atoms with Crippen LogP contribution >= 0.6 is 23.5 Å². The molecule has 386 valence electrons. The molecule has 0 bridgehead atoms. The summed E-state index contributed by atoms with van der Waals surface area (Å²) in [6, 6.07) is 19.9. The number of esters is 1. The van der Waals surface area contributed by atoms with E-state index in [4.69, 9.17) is 14.2 Å². The molecule has 3 aliphatic rings. The van der Waals surface area contributed by atoms with E-state index in [1.54, 1.807) is 101 Å². The Kier molecular flexibility index (Phi) is 18.0. The molecule has 5 N–H and O–H groups in total. The van der Waals surface area contributed by atoms with Gasteiger partial charge >= 0.3 is 71.5 Å². The van der Waals surface area contributed by atoms with Crippen LogP contribution in [0.4, 0.5) is 31.4 Å². The predicted octanol–water partition coefficient (Wildman–Crippen LogP) is 0.666. The molecule has 2 unspecified atom stereocenters. The fourth-order valence-corrected chi connectivity index (χ4v) is 11.0. The number of para-hydroxylation sites is 3. The first kappa shape index (κ1) is 56.5. The number of urea groups is 1. The zero-order chi connectivity index (χ0) is 52.8. The molecule has 7 rings (SSSR count). The molecule has 0 aliphatic carbocycles. The largest absolute Gasteiger partial charge is 1.00 e. The minimum absolute atomic E-state index is 0. The van der Waals surface area contributed by atoms with Crippen molar-refractivity contribution < 1.29 is 93.5 Å². The van der Waals surface area contributed by atoms with Gasteiger partial charge in [-0.15, -0.1) is 16.9 Å². The Bertz CT molecular complexity index is 2910. The molecular formula is C47H53N11NaO13S2+. The van der Waals surface area contributed by atoms with Crippen molar-refractivity contribution in [1.29, 1.82) is 0 Å². The van der Waals surface area contributed by atoms with Gasteiger partial charge in [-0.1, -0.05) is 72.4 Å². The molecule has 4 atom stereocenters. The second-order valence-electron chi connectivity index (χ2n) is 17.6. The number of carbonyl (C=O) groups excluding carboxylic acids is 8. The summed E-state index contributed by atoms with van der Waals surface area (Å²) in [7, 11) is 2.76. The number of carboxylic acids is 1. The second-order valence-corrected chi connectivity index (χ2v) is 19.9. The summed E-state index contributed by atoms with van der Waals surface area (Å²) in [5.74, 6) is -5.59. The van der Waals surface area contributed by atoms with Crippen molar-refractivity contribution in [3.63, 3.8) is 0 Å². The summed E-state index contributed by atoms with van der Waals surface area (Å²) in [5.41, 5.74) is -1.81. The van der Waals surface area contributed by atoms with Crippen LogP contribution in [0.25, 0.3) is 0 Å². The van der Waals surface area contributed by atoms with E-state index in [1.165, 1.54) is 23.9 Å². The van der Waals surface area contributed by atoms with Gasteiger partial charge < -0.3 is 31.4 Å². The molecule has 27 heteroatoms. The van der Waals surface area contributed by atoms with Crippen molar-refractivity contribution in [2.24, 2.45) is 7.05 Å². The number of nitrogens with one attached hydrogen (secondary N) is 4. The Morgan fingerprint density at radius 2 is 1.59 bits per heavy atom. The number of imide groups is 1. The van der Waals surface area contributed by atoms with Crippen LogP contribution < -0.4 is 55.3 Å². The van der Waals surface area contributed by atoms with Gasteiger partial charge in [0, 0.05) is 35.7 Å². The van der Waals surface area contributed by atoms with Crippen LogP contribution in [0.5, 0.6) is 0 Å². The van der Waals surface area contributed by atoms with Crippen LogP contribution in [0.2, 0.25) is 0 Å². The summed E-state index contributed by atoms with van der Waals surface area (Å²) < 4.78 is 17.4. The minimum Gasteiger partial charge on any atom is -1.00 e. The Balaban J connectivity index is 0.00000520. The smallest absolute Gasteiger partial charge is 1.00 e. The minimum atomic E-state index is -1.86. The second kappa shape index (κ2) is 23.6. The number of carboxylic acid groups (broad SMARTS) is 1. The van der Waals surface area contributed by atoms with Gasteiger partial charge in [0.1, 0.15) is 35.5 Å². The van der Waals surface area contributed by atoms with Crippen LogP contribution in [0.1, 0.15) is 46.7 Å². The molecule has 4 aromatic rings. The number of ether oxygens (including phenoxy) is 3. The molecule has 3 aromatic carbocycles. The number of piperazine rings is 1. The van der Waals surface area contributed by atoms with Gasteiger partial charge in [0.25, 0.3) is 0 Å². The van der Waals surface area contributed by atoms with Gasteiger partial charge in [0.15, 0.2) is 11.1 Å². The molecule has 4 heterocycles. The molecule has 74 heavy (non-hydrogen) atoms. The van der Waals surface area contributed by atoms with Crippen LogP contribution in [0.3, 0.4) is 0 Å². The average molecular weight is 1070 g/mol. The molecule has 24 nitrogen and oxygen atoms in total. The fourth-order valence-electron chi connectivity index (χ4n) is 8.54. The molecule has 3 aliphatic heterocycles. The van der Waals surface area contributed by atoms with E-state index in [-0.39, 0.29) is 96.7 Å². The topological polar surface area (TPSA) is 300 Å². The number of rotatable bonds is 16. The standard InChI is InChI=1S/C47H51N11O13S2.Na.H/c1-7-58(22-21-56(38(61)39(58)62)42(66)48-24-33(59)51-37-28(25-72-43-52-53-54-55(43)5)36(40(63)64)57-34(60)23-35(57)73-37)32-20-14-13-19-31(32)50-44(67)70-26-47(41(65)69-6,27-15-9-8-10-16-27)29-17-11-12-18-30(29)49-45(68)71-46(2,3)4;;/h8-20,35,37H,7,21-26H2,1-6H3,(H4-,48,49,50,51,59,63,64,66,67,68);;/q;+1;-1/p+1/t35-,37+,47?,58?;;/m0../s1. The number of benzene rings is 3. The van der Waals surface area contributed by atoms with Crippen LogP contribution in [-0.4, -0.2) is 151 Å². The van der Waals surface area contributed by atoms with Gasteiger partial charge in [-0.05, 0) is 55.8 Å². The van der Waals surface area contributed by atoms with Crippen molar-refractivity contribution in [1.82, 2.24) is 45.1 Å². The molecule has 0 spiro atoms. The van der Waals surface area contributed by atoms with E-state index in [9.17, 15) is 48.3 Å². The summed E-state index contributed by atoms with van der Waals surface area (Å²) in [4.78, 5) is 123. The van der Waals surface area contributed by atoms with Crippen LogP contribution in [-0.2, 0) is 55.4 Å². The number of nitrogens with zero attached hydrogens (tertiary/aromatic N) is 7. The number of fused-ring (bicyclic) bond motifs is 1. The van der Waals surface area contributed by atoms with Crippen LogP contribution in [0.15, 0.2) is 95.3 Å². The molecule has 0 radical (unpaired) electrons. The number of aromatic nitrogens is 4. The number of tetrazole rings is 1. The quantitative estimate of drug-likeness (QED) is 0.0196. The maximum atomic E-state index is 14.3. The van der Waals surface area contributed by atoms with Gasteiger partial charge in [0.05, 0.1) is 38.5 Å². The number of aryl methyl sites for hydroxylation is 1. The fraction of sp³-hybridized carbons (Fsp3) is 0.362. The number of likely N-dealkylation sites (N-methyl/N-ethyl adjacent to an activating group) is 1. The first-order valence-corrected chi connectivity index (χ1v) is 24.5. The van der Waals surface area contributed by atoms with Crippen LogP contribution in [0, 0.1) is 0 Å². The first-order valence-electron chi connectivity index (χ1n) is 22.6. The van der Waals surface area contributed by atoms with Gasteiger partial charge in [-0.3, -0.25) is 34.7 Å². The van der Waals surface area contributed by atoms with Gasteiger partial charge in [-0.2, -0.15) is 0 Å². The van der Waals surface area contributed by atoms with Crippen molar-refractivity contribution in [2.75, 3.05) is 56.3 Å². The maximum absolute atomic E-state index is 14.3. The zero-order valence-corrected chi connectivity index (χ0v) is 45.0. The SMILES string of the molecule is CC[N+]1(c2ccccc2NC(=O)OCC(C(=O)OC)(c2ccccc2)c2ccccc2NC(=O)OC(C)(C)C)CCN(C(=O)NCC(=O)N[C@@H]2S[C@H]3CC(=O)N3C(C(=O)O)=C2CSc2nnnn2C)C(=O)C1=O.[H-].[Na+]. The predicted molar refractivity (Wildman–Crippen MR) is 264 cm³/mol. The number of hydrogen-bond acceptors (Lipinski definition) is 17. The Morgan fingerprint density at radius 3 is 2.23 bits per heavy atom. The Labute approximate surface area is 456 Å². The number of methoxy groups -OCH3 is 1. The number of thioether (sulfide) groups is 2. The van der Waals surface area contributed by atoms with Crippen molar-refractivity contribution in [3.8, 4) is 0 Å². The summed E-state index contributed by atoms with van der Waals surface area (Å²) in [6.07, 6.45) is -1.82. The third-order valence-corrected chi connectivity index (χ3v) is 14.5. The Hall–Kier alpha value is -6.84. The number of anilines is 2. The van der Waals surface area contributed by atoms with Crippen molar-refractivity contribution in [3.05, 3.63) is 101 Å². The molecule has 0 saturated carbocycles. The molecule has 1 aromatic heterocycles. The van der Waals surface area contributed by atoms with E-state index in [1.807, 2.05) is 0 Å². The van der Waals surface area contributed by atoms with Crippen molar-refractivity contribution >= 4 is 94.4 Å². The maximum Gasteiger partial charge on any atom is 1.00 e. The van der Waals surface area contributed by atoms with E-state index >= 15 is 0 Å². The summed E-state index contributed by atoms with van der Waals surface area (Å²) in [6.45, 7) is 4.96.